The quantitative estimate of drug-likeness (QED) is 0.897. The van der Waals surface area contributed by atoms with Gasteiger partial charge in [0.2, 0.25) is 20.0 Å². The average Bonchev–Trinajstić information content (AvgIpc) is 2.37. The van der Waals surface area contributed by atoms with Crippen molar-refractivity contribution in [3.05, 3.63) is 24.3 Å². The molecule has 8 heteroatoms. The molecule has 1 aliphatic heterocycles. The van der Waals surface area contributed by atoms with E-state index in [2.05, 4.69) is 13.8 Å². The third kappa shape index (κ3) is 3.63. The van der Waals surface area contributed by atoms with E-state index in [1.54, 1.807) is 0 Å². The molecule has 0 amide bonds. The van der Waals surface area contributed by atoms with Gasteiger partial charge in [-0.1, -0.05) is 13.8 Å². The second-order valence-electron chi connectivity index (χ2n) is 6.08. The van der Waals surface area contributed by atoms with E-state index in [9.17, 15) is 16.8 Å². The molecule has 0 aromatic heterocycles. The van der Waals surface area contributed by atoms with Gasteiger partial charge < -0.3 is 0 Å². The van der Waals surface area contributed by atoms with Crippen molar-refractivity contribution in [2.45, 2.75) is 36.5 Å². The highest BCUT2D eigenvalue weighted by molar-refractivity contribution is 7.89. The van der Waals surface area contributed by atoms with E-state index in [0.29, 0.717) is 13.1 Å². The lowest BCUT2D eigenvalue weighted by Crippen LogP contribution is -2.41. The first-order chi connectivity index (χ1) is 9.52. The van der Waals surface area contributed by atoms with Crippen LogP contribution in [-0.2, 0) is 20.0 Å². The van der Waals surface area contributed by atoms with E-state index in [4.69, 9.17) is 5.14 Å². The molecule has 1 aromatic carbocycles. The smallest absolute Gasteiger partial charge is 0.225 e. The van der Waals surface area contributed by atoms with Crippen LogP contribution in [0.25, 0.3) is 0 Å². The van der Waals surface area contributed by atoms with Crippen molar-refractivity contribution in [2.75, 3.05) is 13.1 Å². The highest BCUT2D eigenvalue weighted by atomic mass is 32.2. The Balaban J connectivity index is 2.25. The fraction of sp³-hybridized carbons (Fsp3) is 0.538. The van der Waals surface area contributed by atoms with Gasteiger partial charge in [-0.15, -0.1) is 0 Å². The lowest BCUT2D eigenvalue weighted by atomic mass is 9.83. The molecule has 0 atom stereocenters. The molecule has 118 valence electrons. The van der Waals surface area contributed by atoms with Gasteiger partial charge in [0, 0.05) is 13.1 Å². The van der Waals surface area contributed by atoms with Crippen molar-refractivity contribution in [3.8, 4) is 0 Å². The van der Waals surface area contributed by atoms with E-state index in [-0.39, 0.29) is 15.2 Å². The topological polar surface area (TPSA) is 97.5 Å². The van der Waals surface area contributed by atoms with Crippen molar-refractivity contribution in [1.29, 1.82) is 0 Å². The Bertz CT molecular complexity index is 712. The van der Waals surface area contributed by atoms with Crippen LogP contribution in [0, 0.1) is 5.41 Å². The summed E-state index contributed by atoms with van der Waals surface area (Å²) >= 11 is 0. The molecule has 1 aromatic rings. The van der Waals surface area contributed by atoms with Gasteiger partial charge in [-0.3, -0.25) is 0 Å². The second-order valence-corrected chi connectivity index (χ2v) is 9.58. The molecule has 21 heavy (non-hydrogen) atoms. The van der Waals surface area contributed by atoms with Crippen LogP contribution in [0.3, 0.4) is 0 Å². The number of hydrogen-bond donors (Lipinski definition) is 1. The summed E-state index contributed by atoms with van der Waals surface area (Å²) in [6.07, 6.45) is 1.61. The molecule has 0 unspecified atom stereocenters. The molecule has 1 saturated heterocycles. The first-order valence-corrected chi connectivity index (χ1v) is 9.64. The highest BCUT2D eigenvalue weighted by Crippen LogP contribution is 2.32. The normalized spacial score (nSPS) is 20.3. The Morgan fingerprint density at radius 2 is 1.38 bits per heavy atom. The second kappa shape index (κ2) is 5.35. The molecule has 1 aliphatic rings. The third-order valence-corrected chi connectivity index (χ3v) is 6.71. The van der Waals surface area contributed by atoms with Gasteiger partial charge in [-0.2, -0.15) is 4.31 Å². The molecule has 1 fully saturated rings. The van der Waals surface area contributed by atoms with Crippen LogP contribution in [0.5, 0.6) is 0 Å². The van der Waals surface area contributed by atoms with Gasteiger partial charge in [0.1, 0.15) is 0 Å². The van der Waals surface area contributed by atoms with E-state index in [0.717, 1.165) is 12.8 Å². The zero-order valence-electron chi connectivity index (χ0n) is 12.1. The summed E-state index contributed by atoms with van der Waals surface area (Å²) in [7, 11) is -7.39. The lowest BCUT2D eigenvalue weighted by molar-refractivity contribution is 0.196. The van der Waals surface area contributed by atoms with E-state index < -0.39 is 20.0 Å². The van der Waals surface area contributed by atoms with E-state index in [1.165, 1.54) is 28.6 Å². The molecule has 2 N–H and O–H groups in total. The predicted molar refractivity (Wildman–Crippen MR) is 79.6 cm³/mol. The molecule has 0 spiro atoms. The van der Waals surface area contributed by atoms with Gasteiger partial charge >= 0.3 is 0 Å². The maximum absolute atomic E-state index is 12.5. The SMILES string of the molecule is CC1(C)CCN(S(=O)(=O)c2ccc(S(N)(=O)=O)cc2)CC1. The van der Waals surface area contributed by atoms with E-state index in [1.807, 2.05) is 0 Å². The van der Waals surface area contributed by atoms with Crippen molar-refractivity contribution < 1.29 is 16.8 Å². The predicted octanol–water partition coefficient (Wildman–Crippen LogP) is 1.14. The Labute approximate surface area is 126 Å². The highest BCUT2D eigenvalue weighted by Gasteiger charge is 2.32. The fourth-order valence-corrected chi connectivity index (χ4v) is 4.24. The Kier molecular flexibility index (Phi) is 4.18. The van der Waals surface area contributed by atoms with Gasteiger partial charge in [0.25, 0.3) is 0 Å². The van der Waals surface area contributed by atoms with Crippen molar-refractivity contribution in [1.82, 2.24) is 4.31 Å². The zero-order chi connectivity index (χ0) is 15.9. The van der Waals surface area contributed by atoms with Gasteiger partial charge in [0.05, 0.1) is 9.79 Å². The number of sulfonamides is 2. The molecule has 0 radical (unpaired) electrons. The summed E-state index contributed by atoms with van der Waals surface area (Å²) in [5.41, 5.74) is 0.156. The van der Waals surface area contributed by atoms with Crippen LogP contribution >= 0.6 is 0 Å². The number of primary sulfonamides is 1. The van der Waals surface area contributed by atoms with Gasteiger partial charge in [0.15, 0.2) is 0 Å². The van der Waals surface area contributed by atoms with E-state index >= 15 is 0 Å². The summed E-state index contributed by atoms with van der Waals surface area (Å²) in [6, 6.07) is 5.01. The summed E-state index contributed by atoms with van der Waals surface area (Å²) < 4.78 is 48.8. The molecule has 6 nitrogen and oxygen atoms in total. The molecule has 0 aliphatic carbocycles. The van der Waals surface area contributed by atoms with Crippen LogP contribution < -0.4 is 5.14 Å². The van der Waals surface area contributed by atoms with Crippen molar-refractivity contribution >= 4 is 20.0 Å². The minimum Gasteiger partial charge on any atom is -0.225 e. The number of nitrogens with two attached hydrogens (primary N) is 1. The molecule has 0 saturated carbocycles. The zero-order valence-corrected chi connectivity index (χ0v) is 13.7. The van der Waals surface area contributed by atoms with Crippen LogP contribution in [0.2, 0.25) is 0 Å². The number of rotatable bonds is 3. The van der Waals surface area contributed by atoms with Crippen molar-refractivity contribution in [2.24, 2.45) is 10.6 Å². The standard InChI is InChI=1S/C13H20N2O4S2/c1-13(2)7-9-15(10-8-13)21(18,19)12-5-3-11(4-6-12)20(14,16)17/h3-6H,7-10H2,1-2H3,(H2,14,16,17). The summed E-state index contributed by atoms with van der Waals surface area (Å²) in [6.45, 7) is 5.20. The first-order valence-electron chi connectivity index (χ1n) is 6.65. The molecular formula is C13H20N2O4S2. The van der Waals surface area contributed by atoms with Crippen LogP contribution in [-0.4, -0.2) is 34.2 Å². The molecule has 2 rings (SSSR count). The minimum atomic E-state index is -3.81. The maximum atomic E-state index is 12.5. The Morgan fingerprint density at radius 1 is 0.952 bits per heavy atom. The van der Waals surface area contributed by atoms with Gasteiger partial charge in [-0.25, -0.2) is 22.0 Å². The van der Waals surface area contributed by atoms with Crippen LogP contribution in [0.15, 0.2) is 34.1 Å². The van der Waals surface area contributed by atoms with Crippen LogP contribution in [0.4, 0.5) is 0 Å². The summed E-state index contributed by atoms with van der Waals surface area (Å²) in [5.74, 6) is 0. The monoisotopic (exact) mass is 332 g/mol. The summed E-state index contributed by atoms with van der Waals surface area (Å²) in [5, 5.41) is 5.00. The Morgan fingerprint density at radius 3 is 1.81 bits per heavy atom. The average molecular weight is 332 g/mol. The Hall–Kier alpha value is -0.960. The fourth-order valence-electron chi connectivity index (χ4n) is 2.28. The molecule has 0 bridgehead atoms. The summed E-state index contributed by atoms with van der Waals surface area (Å²) in [4.78, 5) is -0.00386. The first kappa shape index (κ1) is 16.4. The molecule has 1 heterocycles. The lowest BCUT2D eigenvalue weighted by Gasteiger charge is -2.36. The number of hydrogen-bond acceptors (Lipinski definition) is 4. The number of piperidine rings is 1. The third-order valence-electron chi connectivity index (χ3n) is 3.87. The van der Waals surface area contributed by atoms with Crippen molar-refractivity contribution in [3.63, 3.8) is 0 Å². The minimum absolute atomic E-state index is 0.0922. The number of nitrogens with zero attached hydrogens (tertiary/aromatic N) is 1. The largest absolute Gasteiger partial charge is 0.243 e. The van der Waals surface area contributed by atoms with Crippen LogP contribution in [0.1, 0.15) is 26.7 Å². The maximum Gasteiger partial charge on any atom is 0.243 e. The number of benzene rings is 1. The van der Waals surface area contributed by atoms with Gasteiger partial charge in [-0.05, 0) is 42.5 Å². The molecular weight excluding hydrogens is 312 g/mol.